The fourth-order valence-corrected chi connectivity index (χ4v) is 2.62. The summed E-state index contributed by atoms with van der Waals surface area (Å²) < 4.78 is 0. The molecular formula is C16H17N3O. The number of hydrogen-bond donors (Lipinski definition) is 0. The van der Waals surface area contributed by atoms with Crippen molar-refractivity contribution in [2.45, 2.75) is 25.8 Å². The van der Waals surface area contributed by atoms with Crippen LogP contribution in [0.1, 0.15) is 35.0 Å². The number of pyridine rings is 1. The van der Waals surface area contributed by atoms with Gasteiger partial charge in [-0.05, 0) is 31.1 Å². The van der Waals surface area contributed by atoms with Gasteiger partial charge in [0.2, 0.25) is 5.91 Å². The number of aromatic nitrogens is 1. The van der Waals surface area contributed by atoms with Gasteiger partial charge in [-0.25, -0.2) is 0 Å². The zero-order valence-electron chi connectivity index (χ0n) is 11.6. The summed E-state index contributed by atoms with van der Waals surface area (Å²) in [5, 5.41) is 9.15. The van der Waals surface area contributed by atoms with Gasteiger partial charge in [0, 0.05) is 18.7 Å². The van der Waals surface area contributed by atoms with E-state index in [4.69, 9.17) is 5.26 Å². The first-order valence-corrected chi connectivity index (χ1v) is 6.56. The van der Waals surface area contributed by atoms with E-state index in [-0.39, 0.29) is 11.9 Å². The topological polar surface area (TPSA) is 57.0 Å². The molecule has 4 heteroatoms. The minimum atomic E-state index is -0.109. The van der Waals surface area contributed by atoms with E-state index in [1.54, 1.807) is 11.0 Å². The van der Waals surface area contributed by atoms with Gasteiger partial charge in [-0.15, -0.1) is 6.58 Å². The molecule has 0 spiro atoms. The van der Waals surface area contributed by atoms with Crippen LogP contribution in [0.2, 0.25) is 0 Å². The van der Waals surface area contributed by atoms with Crippen molar-refractivity contribution in [3.63, 3.8) is 0 Å². The molecule has 2 heterocycles. The van der Waals surface area contributed by atoms with E-state index in [1.807, 2.05) is 13.0 Å². The number of nitrogens with zero attached hydrogens (tertiary/aromatic N) is 3. The molecule has 4 nitrogen and oxygen atoms in total. The van der Waals surface area contributed by atoms with Crippen molar-refractivity contribution in [3.05, 3.63) is 53.9 Å². The van der Waals surface area contributed by atoms with E-state index >= 15 is 0 Å². The Morgan fingerprint density at radius 1 is 1.65 bits per heavy atom. The van der Waals surface area contributed by atoms with Crippen LogP contribution in [-0.4, -0.2) is 22.3 Å². The molecule has 1 amide bonds. The van der Waals surface area contributed by atoms with Crippen LogP contribution in [-0.2, 0) is 11.2 Å². The van der Waals surface area contributed by atoms with Gasteiger partial charge >= 0.3 is 0 Å². The lowest BCUT2D eigenvalue weighted by Crippen LogP contribution is -2.39. The summed E-state index contributed by atoms with van der Waals surface area (Å²) in [4.78, 5) is 18.3. The summed E-state index contributed by atoms with van der Waals surface area (Å²) in [6.45, 7) is 9.76. The third kappa shape index (κ3) is 2.35. The first kappa shape index (κ1) is 14.0. The molecule has 2 rings (SSSR count). The smallest absolute Gasteiger partial charge is 0.246 e. The Hall–Kier alpha value is -2.41. The maximum absolute atomic E-state index is 12.0. The lowest BCUT2D eigenvalue weighted by atomic mass is 9.92. The Balaban J connectivity index is 2.52. The monoisotopic (exact) mass is 267 g/mol. The molecular weight excluding hydrogens is 250 g/mol. The number of fused-ring (bicyclic) bond motifs is 1. The fourth-order valence-electron chi connectivity index (χ4n) is 2.62. The molecule has 1 aromatic rings. The molecule has 1 atom stereocenters. The molecule has 0 bridgehead atoms. The number of hydrogen-bond acceptors (Lipinski definition) is 3. The van der Waals surface area contributed by atoms with Gasteiger partial charge in [0.15, 0.2) is 0 Å². The molecule has 0 aliphatic carbocycles. The maximum atomic E-state index is 12.0. The van der Waals surface area contributed by atoms with Crippen LogP contribution in [0.3, 0.4) is 0 Å². The highest BCUT2D eigenvalue weighted by molar-refractivity contribution is 5.87. The zero-order valence-corrected chi connectivity index (χ0v) is 11.6. The molecule has 0 saturated heterocycles. The van der Waals surface area contributed by atoms with Gasteiger partial charge in [0.25, 0.3) is 0 Å². The molecule has 0 radical (unpaired) electrons. The minimum absolute atomic E-state index is 0.0958. The van der Waals surface area contributed by atoms with Crippen LogP contribution in [0.4, 0.5) is 0 Å². The van der Waals surface area contributed by atoms with E-state index < -0.39 is 0 Å². The second-order valence-corrected chi connectivity index (χ2v) is 4.79. The summed E-state index contributed by atoms with van der Waals surface area (Å²) in [5.74, 6) is -0.0958. The zero-order chi connectivity index (χ0) is 14.7. The van der Waals surface area contributed by atoms with Crippen molar-refractivity contribution >= 4 is 5.91 Å². The second kappa shape index (κ2) is 5.70. The number of carbonyl (C=O) groups is 1. The Kier molecular flexibility index (Phi) is 3.99. The van der Waals surface area contributed by atoms with Crippen LogP contribution >= 0.6 is 0 Å². The van der Waals surface area contributed by atoms with Gasteiger partial charge in [-0.3, -0.25) is 9.78 Å². The third-order valence-electron chi connectivity index (χ3n) is 3.62. The highest BCUT2D eigenvalue weighted by Gasteiger charge is 2.30. The highest BCUT2D eigenvalue weighted by atomic mass is 16.2. The first-order valence-electron chi connectivity index (χ1n) is 6.56. The summed E-state index contributed by atoms with van der Waals surface area (Å²) in [6.07, 6.45) is 4.46. The van der Waals surface area contributed by atoms with Crippen molar-refractivity contribution in [2.24, 2.45) is 0 Å². The van der Waals surface area contributed by atoms with Crippen molar-refractivity contribution in [1.29, 1.82) is 5.26 Å². The largest absolute Gasteiger partial charge is 0.331 e. The number of nitriles is 1. The molecule has 1 unspecified atom stereocenters. The van der Waals surface area contributed by atoms with Gasteiger partial charge in [0.1, 0.15) is 6.07 Å². The minimum Gasteiger partial charge on any atom is -0.331 e. The summed E-state index contributed by atoms with van der Waals surface area (Å²) >= 11 is 0. The molecule has 1 aliphatic heterocycles. The van der Waals surface area contributed by atoms with E-state index in [2.05, 4.69) is 24.2 Å². The maximum Gasteiger partial charge on any atom is 0.246 e. The average molecular weight is 267 g/mol. The van der Waals surface area contributed by atoms with Crippen LogP contribution in [0.5, 0.6) is 0 Å². The van der Waals surface area contributed by atoms with Gasteiger partial charge in [-0.1, -0.05) is 12.7 Å². The van der Waals surface area contributed by atoms with E-state index in [9.17, 15) is 4.79 Å². The quantitative estimate of drug-likeness (QED) is 0.624. The third-order valence-corrected chi connectivity index (χ3v) is 3.62. The standard InChI is InChI=1S/C16H17N3O/c1-4-6-15-13-9-12(10-17)11(3)18-14(13)7-8-19(15)16(20)5-2/h4-5,9,15H,1-2,6-8H2,3H3. The SMILES string of the molecule is C=CCC1c2cc(C#N)c(C)nc2CCN1C(=O)C=C. The first-order chi connectivity index (χ1) is 9.62. The molecule has 0 N–H and O–H groups in total. The lowest BCUT2D eigenvalue weighted by Gasteiger charge is -2.36. The Labute approximate surface area is 119 Å². The molecule has 1 aromatic heterocycles. The number of amides is 1. The van der Waals surface area contributed by atoms with Crippen LogP contribution in [0.15, 0.2) is 31.4 Å². The van der Waals surface area contributed by atoms with Gasteiger partial charge in [-0.2, -0.15) is 5.26 Å². The summed E-state index contributed by atoms with van der Waals surface area (Å²) in [7, 11) is 0. The molecule has 0 saturated carbocycles. The van der Waals surface area contributed by atoms with Crippen molar-refractivity contribution in [1.82, 2.24) is 9.88 Å². The Morgan fingerprint density at radius 3 is 3.00 bits per heavy atom. The second-order valence-electron chi connectivity index (χ2n) is 4.79. The highest BCUT2D eigenvalue weighted by Crippen LogP contribution is 2.33. The molecule has 1 aliphatic rings. The number of rotatable bonds is 3. The summed E-state index contributed by atoms with van der Waals surface area (Å²) in [5.41, 5.74) is 3.23. The lowest BCUT2D eigenvalue weighted by molar-refractivity contribution is -0.128. The Morgan fingerprint density at radius 2 is 2.40 bits per heavy atom. The molecule has 20 heavy (non-hydrogen) atoms. The van der Waals surface area contributed by atoms with Crippen molar-refractivity contribution < 1.29 is 4.79 Å². The number of aryl methyl sites for hydroxylation is 1. The predicted molar refractivity (Wildman–Crippen MR) is 76.9 cm³/mol. The van der Waals surface area contributed by atoms with Gasteiger partial charge in [0.05, 0.1) is 17.3 Å². The molecule has 0 aromatic carbocycles. The van der Waals surface area contributed by atoms with Crippen LogP contribution in [0, 0.1) is 18.3 Å². The van der Waals surface area contributed by atoms with E-state index in [1.165, 1.54) is 6.08 Å². The molecule has 102 valence electrons. The van der Waals surface area contributed by atoms with Crippen molar-refractivity contribution in [3.8, 4) is 6.07 Å². The van der Waals surface area contributed by atoms with Crippen LogP contribution < -0.4 is 0 Å². The van der Waals surface area contributed by atoms with Crippen molar-refractivity contribution in [2.75, 3.05) is 6.54 Å². The van der Waals surface area contributed by atoms with E-state index in [0.29, 0.717) is 24.9 Å². The Bertz CT molecular complexity index is 613. The predicted octanol–water partition coefficient (Wildman–Crippen LogP) is 2.45. The fraction of sp³-hybridized carbons (Fsp3) is 0.312. The molecule has 0 fully saturated rings. The van der Waals surface area contributed by atoms with Gasteiger partial charge < -0.3 is 4.90 Å². The normalized spacial score (nSPS) is 17.0. The number of carbonyl (C=O) groups excluding carboxylic acids is 1. The van der Waals surface area contributed by atoms with Crippen LogP contribution in [0.25, 0.3) is 0 Å². The average Bonchev–Trinajstić information content (AvgIpc) is 2.46. The summed E-state index contributed by atoms with van der Waals surface area (Å²) in [6, 6.07) is 3.90. The van der Waals surface area contributed by atoms with E-state index in [0.717, 1.165) is 17.0 Å².